The van der Waals surface area contributed by atoms with Crippen LogP contribution in [0.2, 0.25) is 0 Å². The largest absolute Gasteiger partial charge is 0.356 e. The summed E-state index contributed by atoms with van der Waals surface area (Å²) in [5.74, 6) is -0.296. The minimum atomic E-state index is -0.296. The molecular formula is C11H12FN3. The molecule has 2 aromatic rings. The molecule has 1 atom stereocenters. The van der Waals surface area contributed by atoms with Gasteiger partial charge in [-0.1, -0.05) is 0 Å². The van der Waals surface area contributed by atoms with E-state index >= 15 is 0 Å². The van der Waals surface area contributed by atoms with Crippen molar-refractivity contribution in [3.63, 3.8) is 0 Å². The topological polar surface area (TPSA) is 40.7 Å². The highest BCUT2D eigenvalue weighted by Gasteiger charge is 2.18. The average molecular weight is 205 g/mol. The third kappa shape index (κ3) is 1.51. The normalized spacial score (nSPS) is 21.3. The van der Waals surface area contributed by atoms with Gasteiger partial charge in [0.2, 0.25) is 0 Å². The Hall–Kier alpha value is -1.42. The zero-order chi connectivity index (χ0) is 10.3. The fraction of sp³-hybridized carbons (Fsp3) is 0.364. The highest BCUT2D eigenvalue weighted by Crippen LogP contribution is 2.25. The molecule has 0 radical (unpaired) electrons. The molecular weight excluding hydrogens is 193 g/mol. The first-order chi connectivity index (χ1) is 7.33. The van der Waals surface area contributed by atoms with E-state index in [0.29, 0.717) is 6.04 Å². The monoisotopic (exact) mass is 205 g/mol. The highest BCUT2D eigenvalue weighted by atomic mass is 19.1. The molecule has 0 amide bonds. The molecule has 1 unspecified atom stereocenters. The third-order valence-electron chi connectivity index (χ3n) is 2.89. The summed E-state index contributed by atoms with van der Waals surface area (Å²) in [6.07, 6.45) is 3.58. The van der Waals surface area contributed by atoms with Crippen LogP contribution in [-0.4, -0.2) is 16.5 Å². The molecule has 1 fully saturated rings. The maximum Gasteiger partial charge on any atom is 0.143 e. The second kappa shape index (κ2) is 3.31. The molecule has 3 rings (SSSR count). The predicted octanol–water partition coefficient (Wildman–Crippen LogP) is 2.13. The number of nitrogens with zero attached hydrogens (tertiary/aromatic N) is 1. The van der Waals surface area contributed by atoms with Crippen molar-refractivity contribution in [1.82, 2.24) is 15.3 Å². The number of nitrogens with one attached hydrogen (secondary N) is 2. The smallest absolute Gasteiger partial charge is 0.143 e. The molecule has 1 saturated heterocycles. The van der Waals surface area contributed by atoms with Crippen molar-refractivity contribution < 1.29 is 4.39 Å². The van der Waals surface area contributed by atoms with Crippen LogP contribution in [0.4, 0.5) is 4.39 Å². The van der Waals surface area contributed by atoms with Crippen LogP contribution in [0, 0.1) is 5.82 Å². The van der Waals surface area contributed by atoms with Crippen molar-refractivity contribution in [1.29, 1.82) is 0 Å². The molecule has 1 aliphatic rings. The molecule has 3 heterocycles. The summed E-state index contributed by atoms with van der Waals surface area (Å²) in [5.41, 5.74) is 2.72. The van der Waals surface area contributed by atoms with E-state index in [1.165, 1.54) is 18.7 Å². The average Bonchev–Trinajstić information content (AvgIpc) is 2.84. The van der Waals surface area contributed by atoms with Crippen LogP contribution in [0.5, 0.6) is 0 Å². The van der Waals surface area contributed by atoms with Gasteiger partial charge in [-0.25, -0.2) is 4.39 Å². The van der Waals surface area contributed by atoms with Gasteiger partial charge in [0.1, 0.15) is 5.82 Å². The number of pyridine rings is 1. The van der Waals surface area contributed by atoms with Crippen molar-refractivity contribution >= 4 is 11.0 Å². The first kappa shape index (κ1) is 8.85. The number of hydrogen-bond donors (Lipinski definition) is 2. The van der Waals surface area contributed by atoms with Crippen molar-refractivity contribution in [2.75, 3.05) is 6.54 Å². The fourth-order valence-corrected chi connectivity index (χ4v) is 2.14. The molecule has 15 heavy (non-hydrogen) atoms. The number of aromatic amines is 1. The number of aromatic nitrogens is 2. The van der Waals surface area contributed by atoms with Crippen LogP contribution in [0.15, 0.2) is 18.3 Å². The second-order valence-electron chi connectivity index (χ2n) is 3.96. The van der Waals surface area contributed by atoms with Gasteiger partial charge in [0, 0.05) is 17.8 Å². The predicted molar refractivity (Wildman–Crippen MR) is 56.0 cm³/mol. The maximum atomic E-state index is 12.9. The van der Waals surface area contributed by atoms with E-state index < -0.39 is 0 Å². The molecule has 3 nitrogen and oxygen atoms in total. The van der Waals surface area contributed by atoms with Crippen molar-refractivity contribution in [2.24, 2.45) is 0 Å². The zero-order valence-electron chi connectivity index (χ0n) is 8.26. The lowest BCUT2D eigenvalue weighted by atomic mass is 10.2. The Labute approximate surface area is 86.7 Å². The summed E-state index contributed by atoms with van der Waals surface area (Å²) in [6.45, 7) is 1.06. The van der Waals surface area contributed by atoms with E-state index in [1.807, 2.05) is 6.07 Å². The summed E-state index contributed by atoms with van der Waals surface area (Å²) in [5, 5.41) is 3.40. The highest BCUT2D eigenvalue weighted by molar-refractivity contribution is 5.75. The molecule has 78 valence electrons. The quantitative estimate of drug-likeness (QED) is 0.748. The van der Waals surface area contributed by atoms with E-state index in [-0.39, 0.29) is 5.82 Å². The van der Waals surface area contributed by atoms with Crippen molar-refractivity contribution in [2.45, 2.75) is 18.9 Å². The van der Waals surface area contributed by atoms with E-state index in [1.54, 1.807) is 0 Å². The Morgan fingerprint density at radius 1 is 1.40 bits per heavy atom. The van der Waals surface area contributed by atoms with Gasteiger partial charge in [-0.05, 0) is 25.5 Å². The van der Waals surface area contributed by atoms with Crippen LogP contribution in [0.1, 0.15) is 24.6 Å². The number of hydrogen-bond acceptors (Lipinski definition) is 2. The Morgan fingerprint density at radius 2 is 2.33 bits per heavy atom. The van der Waals surface area contributed by atoms with Crippen molar-refractivity contribution in [3.8, 4) is 0 Å². The van der Waals surface area contributed by atoms with Crippen LogP contribution < -0.4 is 5.32 Å². The first-order valence-electron chi connectivity index (χ1n) is 5.20. The first-order valence-corrected chi connectivity index (χ1v) is 5.20. The van der Waals surface area contributed by atoms with Gasteiger partial charge in [-0.2, -0.15) is 0 Å². The molecule has 4 heteroatoms. The molecule has 0 aromatic carbocycles. The maximum absolute atomic E-state index is 12.9. The Kier molecular flexibility index (Phi) is 1.95. The number of fused-ring (bicyclic) bond motifs is 1. The molecule has 2 N–H and O–H groups in total. The second-order valence-corrected chi connectivity index (χ2v) is 3.96. The summed E-state index contributed by atoms with van der Waals surface area (Å²) in [4.78, 5) is 7.25. The molecule has 2 aromatic heterocycles. The lowest BCUT2D eigenvalue weighted by Gasteiger charge is -2.05. The number of rotatable bonds is 1. The van der Waals surface area contributed by atoms with E-state index in [9.17, 15) is 4.39 Å². The molecule has 1 aliphatic heterocycles. The standard InChI is InChI=1S/C11H12FN3/c12-7-4-10-9(14-6-7)5-11(15-10)8-2-1-3-13-8/h4-6,8,13,15H,1-3H2. The third-order valence-corrected chi connectivity index (χ3v) is 2.89. The van der Waals surface area contributed by atoms with Gasteiger partial charge < -0.3 is 10.3 Å². The van der Waals surface area contributed by atoms with Gasteiger partial charge in [-0.15, -0.1) is 0 Å². The number of H-pyrrole nitrogens is 1. The lowest BCUT2D eigenvalue weighted by Crippen LogP contribution is -2.12. The molecule has 0 saturated carbocycles. The zero-order valence-corrected chi connectivity index (χ0v) is 8.26. The SMILES string of the molecule is Fc1cnc2cc(C3CCCN3)[nH]c2c1. The summed E-state index contributed by atoms with van der Waals surface area (Å²) < 4.78 is 12.9. The summed E-state index contributed by atoms with van der Waals surface area (Å²) in [7, 11) is 0. The van der Waals surface area contributed by atoms with Gasteiger partial charge in [0.15, 0.2) is 0 Å². The molecule has 0 spiro atoms. The van der Waals surface area contributed by atoms with E-state index in [0.717, 1.165) is 29.7 Å². The minimum Gasteiger partial charge on any atom is -0.356 e. The van der Waals surface area contributed by atoms with Crippen LogP contribution in [0.3, 0.4) is 0 Å². The summed E-state index contributed by atoms with van der Waals surface area (Å²) in [6, 6.07) is 3.86. The minimum absolute atomic E-state index is 0.296. The van der Waals surface area contributed by atoms with Gasteiger partial charge in [-0.3, -0.25) is 4.98 Å². The Bertz CT molecular complexity index is 486. The van der Waals surface area contributed by atoms with E-state index in [2.05, 4.69) is 15.3 Å². The Morgan fingerprint density at radius 3 is 3.13 bits per heavy atom. The molecule has 0 aliphatic carbocycles. The molecule has 0 bridgehead atoms. The van der Waals surface area contributed by atoms with Gasteiger partial charge in [0.05, 0.1) is 17.2 Å². The van der Waals surface area contributed by atoms with E-state index in [4.69, 9.17) is 0 Å². The lowest BCUT2D eigenvalue weighted by molar-refractivity contribution is 0.623. The summed E-state index contributed by atoms with van der Waals surface area (Å²) >= 11 is 0. The van der Waals surface area contributed by atoms with Crippen LogP contribution >= 0.6 is 0 Å². The van der Waals surface area contributed by atoms with Crippen LogP contribution in [-0.2, 0) is 0 Å². The van der Waals surface area contributed by atoms with Crippen LogP contribution in [0.25, 0.3) is 11.0 Å². The number of halogens is 1. The van der Waals surface area contributed by atoms with Crippen molar-refractivity contribution in [3.05, 3.63) is 29.8 Å². The Balaban J connectivity index is 2.05. The fourth-order valence-electron chi connectivity index (χ4n) is 2.14. The van der Waals surface area contributed by atoms with Gasteiger partial charge in [0.25, 0.3) is 0 Å². The van der Waals surface area contributed by atoms with Gasteiger partial charge >= 0.3 is 0 Å².